The van der Waals surface area contributed by atoms with Crippen LogP contribution in [-0.4, -0.2) is 53.9 Å². The average Bonchev–Trinajstić information content (AvgIpc) is 2.90. The Morgan fingerprint density at radius 3 is 2.45 bits per heavy atom. The highest BCUT2D eigenvalue weighted by molar-refractivity contribution is 5.90. The lowest BCUT2D eigenvalue weighted by Gasteiger charge is -2.29. The van der Waals surface area contributed by atoms with E-state index in [-0.39, 0.29) is 5.60 Å². The first kappa shape index (κ1) is 31.8. The van der Waals surface area contributed by atoms with Crippen LogP contribution in [0.1, 0.15) is 85.6 Å². The number of hydrogen-bond donors (Lipinski definition) is 1. The van der Waals surface area contributed by atoms with Crippen LogP contribution < -0.4 is 10.1 Å². The van der Waals surface area contributed by atoms with Crippen LogP contribution in [0.3, 0.4) is 0 Å². The number of benzene rings is 2. The highest BCUT2D eigenvalue weighted by Gasteiger charge is 2.25. The number of nitrogens with one attached hydrogen (secondary N) is 1. The predicted molar refractivity (Wildman–Crippen MR) is 174 cm³/mol. The second-order valence-corrected chi connectivity index (χ2v) is 13.4. The van der Waals surface area contributed by atoms with E-state index in [2.05, 4.69) is 64.6 Å². The van der Waals surface area contributed by atoms with Crippen molar-refractivity contribution < 1.29 is 9.47 Å². The largest absolute Gasteiger partial charge is 0.471 e. The Morgan fingerprint density at radius 1 is 1.00 bits per heavy atom. The topological polar surface area (TPSA) is 70.4 Å². The van der Waals surface area contributed by atoms with E-state index in [9.17, 15) is 5.26 Å². The van der Waals surface area contributed by atoms with E-state index in [0.717, 1.165) is 41.2 Å². The third-order valence-electron chi connectivity index (χ3n) is 8.17. The Morgan fingerprint density at radius 2 is 1.76 bits per heavy atom. The van der Waals surface area contributed by atoms with Gasteiger partial charge in [-0.25, -0.2) is 4.98 Å². The summed E-state index contributed by atoms with van der Waals surface area (Å²) in [6, 6.07) is 17.1. The second kappa shape index (κ2) is 14.4. The normalized spacial score (nSPS) is 14.1. The Hall–Kier alpha value is -3.14. The third kappa shape index (κ3) is 9.18. The number of hydrogen-bond acceptors (Lipinski definition) is 6. The fraction of sp³-hybridized carbons (Fsp3) is 0.556. The summed E-state index contributed by atoms with van der Waals surface area (Å²) in [7, 11) is 0. The molecule has 4 rings (SSSR count). The van der Waals surface area contributed by atoms with Gasteiger partial charge in [-0.2, -0.15) is 5.26 Å². The van der Waals surface area contributed by atoms with E-state index in [1.54, 1.807) is 6.20 Å². The summed E-state index contributed by atoms with van der Waals surface area (Å²) >= 11 is 0. The van der Waals surface area contributed by atoms with Gasteiger partial charge in [0.05, 0.1) is 12.2 Å². The van der Waals surface area contributed by atoms with Crippen LogP contribution in [0.4, 0.5) is 5.69 Å². The quantitative estimate of drug-likeness (QED) is 0.198. The third-order valence-corrected chi connectivity index (χ3v) is 8.17. The minimum absolute atomic E-state index is 0.205. The summed E-state index contributed by atoms with van der Waals surface area (Å²) in [5.74, 6) is 1.32. The van der Waals surface area contributed by atoms with Crippen LogP contribution >= 0.6 is 0 Å². The van der Waals surface area contributed by atoms with Gasteiger partial charge < -0.3 is 19.7 Å². The lowest BCUT2D eigenvalue weighted by molar-refractivity contribution is -0.0300. The molecule has 1 aliphatic carbocycles. The summed E-state index contributed by atoms with van der Waals surface area (Å²) in [5.41, 5.74) is 2.66. The zero-order valence-corrected chi connectivity index (χ0v) is 26.6. The highest BCUT2D eigenvalue weighted by Crippen LogP contribution is 2.33. The van der Waals surface area contributed by atoms with Gasteiger partial charge in [0.25, 0.3) is 0 Å². The second-order valence-electron chi connectivity index (χ2n) is 13.4. The molecule has 0 bridgehead atoms. The van der Waals surface area contributed by atoms with E-state index in [1.165, 1.54) is 50.6 Å². The van der Waals surface area contributed by atoms with Crippen LogP contribution in [0.15, 0.2) is 48.7 Å². The first-order chi connectivity index (χ1) is 20.1. The maximum absolute atomic E-state index is 10.1. The van der Waals surface area contributed by atoms with Crippen molar-refractivity contribution in [1.29, 1.82) is 5.26 Å². The number of fused-ring (bicyclic) bond motifs is 1. The smallest absolute Gasteiger partial charge is 0.232 e. The van der Waals surface area contributed by atoms with Crippen LogP contribution in [0.2, 0.25) is 0 Å². The van der Waals surface area contributed by atoms with E-state index in [4.69, 9.17) is 9.47 Å². The standard InChI is InChI=1S/C36H50N4O2/c1-7-20-40(21-16-27-9-8-10-27)22-19-38-31-14-13-28-24-30(12-11-29(28)25-31)32-15-18-39-34(33(32)26-37)42-36(5,6)17-23-41-35(2,3)4/h11-15,18,24-25,27,38H,7-10,16-17,19-23H2,1-6H3. The summed E-state index contributed by atoms with van der Waals surface area (Å²) in [5, 5.41) is 16.1. The van der Waals surface area contributed by atoms with Crippen molar-refractivity contribution in [3.8, 4) is 23.1 Å². The Bertz CT molecular complexity index is 1350. The summed E-state index contributed by atoms with van der Waals surface area (Å²) in [6.45, 7) is 17.4. The van der Waals surface area contributed by atoms with Crippen LogP contribution in [0.5, 0.6) is 5.88 Å². The van der Waals surface area contributed by atoms with Gasteiger partial charge in [-0.1, -0.05) is 44.4 Å². The molecule has 0 saturated heterocycles. The summed E-state index contributed by atoms with van der Waals surface area (Å²) in [6.07, 6.45) is 9.23. The van der Waals surface area contributed by atoms with Crippen LogP contribution in [0, 0.1) is 17.2 Å². The van der Waals surface area contributed by atoms with Gasteiger partial charge in [0.1, 0.15) is 17.2 Å². The molecule has 0 aliphatic heterocycles. The van der Waals surface area contributed by atoms with Crippen molar-refractivity contribution in [2.24, 2.45) is 5.92 Å². The Kier molecular flexibility index (Phi) is 10.9. The predicted octanol–water partition coefficient (Wildman–Crippen LogP) is 8.45. The molecular formula is C36H50N4O2. The van der Waals surface area contributed by atoms with Gasteiger partial charge in [0, 0.05) is 37.0 Å². The molecule has 0 amide bonds. The van der Waals surface area contributed by atoms with Crippen LogP contribution in [-0.2, 0) is 4.74 Å². The molecule has 1 aliphatic rings. The molecule has 1 N–H and O–H groups in total. The number of rotatable bonds is 15. The van der Waals surface area contributed by atoms with E-state index in [1.807, 2.05) is 40.7 Å². The Labute approximate surface area is 253 Å². The fourth-order valence-electron chi connectivity index (χ4n) is 5.46. The molecule has 1 heterocycles. The number of pyridine rings is 1. The number of ether oxygens (including phenoxy) is 2. The van der Waals surface area contributed by atoms with Gasteiger partial charge in [0.15, 0.2) is 0 Å². The molecule has 0 atom stereocenters. The average molecular weight is 571 g/mol. The van der Waals surface area contributed by atoms with Crippen molar-refractivity contribution >= 4 is 16.5 Å². The molecule has 0 spiro atoms. The number of nitrogens with zero attached hydrogens (tertiary/aromatic N) is 3. The van der Waals surface area contributed by atoms with Gasteiger partial charge in [-0.15, -0.1) is 0 Å². The molecule has 6 nitrogen and oxygen atoms in total. The molecular weight excluding hydrogens is 520 g/mol. The van der Waals surface area contributed by atoms with E-state index >= 15 is 0 Å². The minimum Gasteiger partial charge on any atom is -0.471 e. The molecule has 2 aromatic carbocycles. The molecule has 0 radical (unpaired) electrons. The van der Waals surface area contributed by atoms with E-state index in [0.29, 0.717) is 24.5 Å². The molecule has 0 unspecified atom stereocenters. The molecule has 1 fully saturated rings. The fourth-order valence-corrected chi connectivity index (χ4v) is 5.46. The highest BCUT2D eigenvalue weighted by atomic mass is 16.5. The first-order valence-corrected chi connectivity index (χ1v) is 15.8. The zero-order valence-electron chi connectivity index (χ0n) is 26.6. The van der Waals surface area contributed by atoms with Gasteiger partial charge in [-0.3, -0.25) is 0 Å². The molecule has 1 aromatic heterocycles. The molecule has 1 saturated carbocycles. The minimum atomic E-state index is -0.528. The molecule has 226 valence electrons. The zero-order chi connectivity index (χ0) is 30.2. The molecule has 6 heteroatoms. The Balaban J connectivity index is 1.41. The SMILES string of the molecule is CCCN(CCNc1ccc2cc(-c3ccnc(OC(C)(C)CCOC(C)(C)C)c3C#N)ccc2c1)CCC1CCC1. The lowest BCUT2D eigenvalue weighted by Crippen LogP contribution is -2.32. The number of nitriles is 1. The van der Waals surface area contributed by atoms with Crippen molar-refractivity contribution in [3.05, 3.63) is 54.2 Å². The van der Waals surface area contributed by atoms with E-state index < -0.39 is 5.60 Å². The van der Waals surface area contributed by atoms with Crippen molar-refractivity contribution in [2.75, 3.05) is 38.1 Å². The first-order valence-electron chi connectivity index (χ1n) is 15.8. The van der Waals surface area contributed by atoms with Crippen molar-refractivity contribution in [3.63, 3.8) is 0 Å². The van der Waals surface area contributed by atoms with Crippen molar-refractivity contribution in [1.82, 2.24) is 9.88 Å². The summed E-state index contributed by atoms with van der Waals surface area (Å²) < 4.78 is 12.2. The molecule has 42 heavy (non-hydrogen) atoms. The maximum atomic E-state index is 10.1. The van der Waals surface area contributed by atoms with Crippen LogP contribution in [0.25, 0.3) is 21.9 Å². The summed E-state index contributed by atoms with van der Waals surface area (Å²) in [4.78, 5) is 7.04. The molecule has 3 aromatic rings. The van der Waals surface area contributed by atoms with Gasteiger partial charge in [0.2, 0.25) is 5.88 Å². The number of aromatic nitrogens is 1. The van der Waals surface area contributed by atoms with Crippen molar-refractivity contribution in [2.45, 2.75) is 91.3 Å². The monoisotopic (exact) mass is 570 g/mol. The number of anilines is 1. The maximum Gasteiger partial charge on any atom is 0.232 e. The lowest BCUT2D eigenvalue weighted by atomic mass is 9.83. The van der Waals surface area contributed by atoms with Gasteiger partial charge >= 0.3 is 0 Å². The van der Waals surface area contributed by atoms with Gasteiger partial charge in [-0.05, 0) is 107 Å².